The van der Waals surface area contributed by atoms with Crippen LogP contribution in [0.2, 0.25) is 0 Å². The van der Waals surface area contributed by atoms with E-state index < -0.39 is 50.9 Å². The summed E-state index contributed by atoms with van der Waals surface area (Å²) >= 11 is 0. The summed E-state index contributed by atoms with van der Waals surface area (Å²) in [5, 5.41) is 15.1. The molecule has 0 radical (unpaired) electrons. The molecular formula is C38H46F2N4O6S. The minimum atomic E-state index is -4.22. The maximum Gasteiger partial charge on any atom is 0.261 e. The molecule has 3 aromatic rings. The Labute approximate surface area is 298 Å². The Bertz CT molecular complexity index is 1830. The van der Waals surface area contributed by atoms with Crippen molar-refractivity contribution in [3.63, 3.8) is 0 Å². The standard InChI is InChI=1S/C38H46F2N4O6S/c1-4-14-44(15-5-2)36(46)28-20-31(43-51(48,49)33-12-7-6-8-13-33)23-38(22-28,37(41)47)34(19-27-16-29(39)21-30(40)17-27)35(45)25-42-24-26-10-9-11-32(18-26)50-3/h6-13,16-18,20-21,23,34-35,42-43,45H,4-5,14-15,19,22,24-25H2,1-3H3,(H2,41,47)/t34-,35+,38?/m1/s1. The number of rotatable bonds is 18. The van der Waals surface area contributed by atoms with Gasteiger partial charge in [0.05, 0.1) is 23.5 Å². The molecule has 3 atom stereocenters. The summed E-state index contributed by atoms with van der Waals surface area (Å²) in [5.74, 6) is -3.64. The maximum atomic E-state index is 14.5. The van der Waals surface area contributed by atoms with E-state index in [2.05, 4.69) is 10.0 Å². The number of sulfonamides is 1. The Kier molecular flexibility index (Phi) is 13.5. The zero-order chi connectivity index (χ0) is 37.2. The van der Waals surface area contributed by atoms with Crippen LogP contribution in [0, 0.1) is 23.0 Å². The summed E-state index contributed by atoms with van der Waals surface area (Å²) in [6, 6.07) is 17.7. The van der Waals surface area contributed by atoms with E-state index in [4.69, 9.17) is 10.5 Å². The zero-order valence-electron chi connectivity index (χ0n) is 29.1. The molecule has 1 unspecified atom stereocenters. The molecule has 0 bridgehead atoms. The van der Waals surface area contributed by atoms with Crippen LogP contribution in [0.3, 0.4) is 0 Å². The van der Waals surface area contributed by atoms with E-state index in [0.29, 0.717) is 44.3 Å². The van der Waals surface area contributed by atoms with Crippen molar-refractivity contribution in [1.29, 1.82) is 0 Å². The summed E-state index contributed by atoms with van der Waals surface area (Å²) in [4.78, 5) is 29.5. The third kappa shape index (κ3) is 10.0. The number of hydrogen-bond donors (Lipinski definition) is 4. The number of halogens is 2. The fraction of sp³-hybridized carbons (Fsp3) is 0.368. The van der Waals surface area contributed by atoms with Crippen LogP contribution in [0.1, 0.15) is 44.2 Å². The van der Waals surface area contributed by atoms with Gasteiger partial charge >= 0.3 is 0 Å². The van der Waals surface area contributed by atoms with Crippen molar-refractivity contribution in [2.45, 2.75) is 57.1 Å². The lowest BCUT2D eigenvalue weighted by Crippen LogP contribution is -2.52. The highest BCUT2D eigenvalue weighted by molar-refractivity contribution is 7.89. The molecule has 3 aromatic carbocycles. The molecule has 4 rings (SSSR count). The molecule has 51 heavy (non-hydrogen) atoms. The number of primary amides is 1. The molecule has 2 amide bonds. The largest absolute Gasteiger partial charge is 0.497 e. The molecule has 1 aliphatic rings. The number of aliphatic hydroxyl groups excluding tert-OH is 1. The SMILES string of the molecule is CCCN(CCC)C(=O)C1=CC(NS(=O)(=O)c2ccccc2)=CC(C(N)=O)([C@H](Cc2cc(F)cc(F)c2)[C@@H](O)CNCc2cccc(OC)c2)C1. The molecule has 1 aliphatic carbocycles. The Hall–Kier alpha value is -4.59. The van der Waals surface area contributed by atoms with Gasteiger partial charge in [0.25, 0.3) is 10.0 Å². The van der Waals surface area contributed by atoms with Gasteiger partial charge in [-0.2, -0.15) is 0 Å². The molecule has 13 heteroatoms. The normalized spacial score (nSPS) is 17.1. The van der Waals surface area contributed by atoms with E-state index in [-0.39, 0.29) is 41.1 Å². The first-order valence-corrected chi connectivity index (χ1v) is 18.4. The predicted octanol–water partition coefficient (Wildman–Crippen LogP) is 4.60. The van der Waals surface area contributed by atoms with Gasteiger partial charge in [0.15, 0.2) is 0 Å². The number of benzene rings is 3. The van der Waals surface area contributed by atoms with E-state index >= 15 is 0 Å². The van der Waals surface area contributed by atoms with Gasteiger partial charge in [-0.25, -0.2) is 17.2 Å². The quantitative estimate of drug-likeness (QED) is 0.150. The first-order chi connectivity index (χ1) is 24.3. The summed E-state index contributed by atoms with van der Waals surface area (Å²) in [6.45, 7) is 4.85. The van der Waals surface area contributed by atoms with Crippen LogP contribution >= 0.6 is 0 Å². The minimum Gasteiger partial charge on any atom is -0.497 e. The van der Waals surface area contributed by atoms with Crippen LogP contribution in [-0.4, -0.2) is 63.1 Å². The molecule has 274 valence electrons. The van der Waals surface area contributed by atoms with Gasteiger partial charge in [-0.3, -0.25) is 14.3 Å². The molecule has 10 nitrogen and oxygen atoms in total. The fourth-order valence-corrected chi connectivity index (χ4v) is 7.57. The number of amides is 2. The first kappa shape index (κ1) is 39.2. The van der Waals surface area contributed by atoms with Crippen LogP contribution in [-0.2, 0) is 32.6 Å². The van der Waals surface area contributed by atoms with Gasteiger partial charge in [-0.1, -0.05) is 44.2 Å². The number of carbonyl (C=O) groups is 2. The Morgan fingerprint density at radius 1 is 0.980 bits per heavy atom. The number of aliphatic hydroxyl groups is 1. The van der Waals surface area contributed by atoms with E-state index in [1.165, 1.54) is 24.3 Å². The number of nitrogens with one attached hydrogen (secondary N) is 2. The smallest absolute Gasteiger partial charge is 0.261 e. The molecule has 0 spiro atoms. The van der Waals surface area contributed by atoms with Gasteiger partial charge < -0.3 is 25.8 Å². The summed E-state index contributed by atoms with van der Waals surface area (Å²) in [6.07, 6.45) is 2.08. The van der Waals surface area contributed by atoms with Crippen molar-refractivity contribution >= 4 is 21.8 Å². The molecule has 0 aromatic heterocycles. The molecule has 0 saturated carbocycles. The third-order valence-corrected chi connectivity index (χ3v) is 10.3. The second kappa shape index (κ2) is 17.6. The Balaban J connectivity index is 1.83. The zero-order valence-corrected chi connectivity index (χ0v) is 29.9. The molecular weight excluding hydrogens is 679 g/mol. The van der Waals surface area contributed by atoms with Gasteiger partial charge in [0, 0.05) is 49.4 Å². The van der Waals surface area contributed by atoms with Crippen LogP contribution in [0.4, 0.5) is 8.78 Å². The fourth-order valence-electron chi connectivity index (χ4n) is 6.50. The summed E-state index contributed by atoms with van der Waals surface area (Å²) in [5.41, 5.74) is 5.26. The van der Waals surface area contributed by atoms with Crippen LogP contribution in [0.5, 0.6) is 5.75 Å². The van der Waals surface area contributed by atoms with E-state index in [9.17, 15) is 31.9 Å². The number of ether oxygens (including phenoxy) is 1. The van der Waals surface area contributed by atoms with Crippen molar-refractivity contribution in [3.05, 3.63) is 119 Å². The van der Waals surface area contributed by atoms with Crippen molar-refractivity contribution in [3.8, 4) is 5.75 Å². The van der Waals surface area contributed by atoms with Crippen LogP contribution in [0.15, 0.2) is 101 Å². The van der Waals surface area contributed by atoms with Gasteiger partial charge in [-0.15, -0.1) is 0 Å². The van der Waals surface area contributed by atoms with Gasteiger partial charge in [0.2, 0.25) is 11.8 Å². The number of carbonyl (C=O) groups excluding carboxylic acids is 2. The van der Waals surface area contributed by atoms with Gasteiger partial charge in [0.1, 0.15) is 17.4 Å². The van der Waals surface area contributed by atoms with E-state index in [0.717, 1.165) is 17.7 Å². The third-order valence-electron chi connectivity index (χ3n) is 8.86. The number of allylic oxidation sites excluding steroid dienone is 1. The molecule has 0 aliphatic heterocycles. The highest BCUT2D eigenvalue weighted by atomic mass is 32.2. The van der Waals surface area contributed by atoms with Crippen molar-refractivity contribution < 1.29 is 36.6 Å². The number of hydrogen-bond acceptors (Lipinski definition) is 7. The summed E-state index contributed by atoms with van der Waals surface area (Å²) < 4.78 is 63.8. The Morgan fingerprint density at radius 2 is 1.65 bits per heavy atom. The van der Waals surface area contributed by atoms with E-state index in [1.54, 1.807) is 36.3 Å². The Morgan fingerprint density at radius 3 is 2.25 bits per heavy atom. The van der Waals surface area contributed by atoms with Crippen LogP contribution < -0.4 is 20.5 Å². The van der Waals surface area contributed by atoms with E-state index in [1.807, 2.05) is 32.0 Å². The number of nitrogens with zero attached hydrogens (tertiary/aromatic N) is 1. The number of methoxy groups -OCH3 is 1. The minimum absolute atomic E-state index is 0.0606. The summed E-state index contributed by atoms with van der Waals surface area (Å²) in [7, 11) is -2.67. The lowest BCUT2D eigenvalue weighted by Gasteiger charge is -2.42. The second-order valence-corrected chi connectivity index (χ2v) is 14.4. The second-order valence-electron chi connectivity index (χ2n) is 12.7. The predicted molar refractivity (Wildman–Crippen MR) is 191 cm³/mol. The average Bonchev–Trinajstić information content (AvgIpc) is 3.09. The highest BCUT2D eigenvalue weighted by Crippen LogP contribution is 2.44. The average molecular weight is 725 g/mol. The van der Waals surface area contributed by atoms with Crippen molar-refractivity contribution in [1.82, 2.24) is 14.9 Å². The van der Waals surface area contributed by atoms with Crippen molar-refractivity contribution in [2.24, 2.45) is 17.1 Å². The van der Waals surface area contributed by atoms with Crippen molar-refractivity contribution in [2.75, 3.05) is 26.7 Å². The van der Waals surface area contributed by atoms with Crippen LogP contribution in [0.25, 0.3) is 0 Å². The van der Waals surface area contributed by atoms with Gasteiger partial charge in [-0.05, 0) is 85.4 Å². The topological polar surface area (TPSA) is 151 Å². The lowest BCUT2D eigenvalue weighted by molar-refractivity contribution is -0.132. The maximum absolute atomic E-state index is 14.5. The molecule has 5 N–H and O–H groups in total. The molecule has 0 saturated heterocycles. The monoisotopic (exact) mass is 724 g/mol. The molecule has 0 heterocycles. The highest BCUT2D eigenvalue weighted by Gasteiger charge is 2.49. The number of nitrogens with two attached hydrogens (primary N) is 1. The first-order valence-electron chi connectivity index (χ1n) is 16.9. The lowest BCUT2D eigenvalue weighted by atomic mass is 9.63. The molecule has 0 fully saturated rings.